The molecule has 1 atom stereocenters. The van der Waals surface area contributed by atoms with Crippen LogP contribution in [0.1, 0.15) is 28.4 Å². The van der Waals surface area contributed by atoms with Crippen LogP contribution in [0.4, 0.5) is 0 Å². The second-order valence-electron chi connectivity index (χ2n) is 6.46. The van der Waals surface area contributed by atoms with E-state index < -0.39 is 0 Å². The van der Waals surface area contributed by atoms with Crippen molar-refractivity contribution < 1.29 is 9.53 Å². The van der Waals surface area contributed by atoms with Crippen LogP contribution in [-0.4, -0.2) is 72.6 Å². The molecule has 1 amide bonds. The zero-order chi connectivity index (χ0) is 17.8. The molecule has 7 nitrogen and oxygen atoms in total. The molecule has 1 aromatic rings. The van der Waals surface area contributed by atoms with Crippen molar-refractivity contribution in [2.24, 2.45) is 4.99 Å². The number of nitrogens with one attached hydrogen (secondary N) is 1. The van der Waals surface area contributed by atoms with Gasteiger partial charge in [0.1, 0.15) is 11.1 Å². The number of piperazine rings is 1. The molecule has 0 radical (unpaired) electrons. The number of carbonyl (C=O) groups is 1. The number of rotatable bonds is 3. The SMILES string of the molecule is CN=C(NCc1nc(C)c(C)s1)N1CCN(C(=O)C2CCCO2)CC1.I. The first-order valence-electron chi connectivity index (χ1n) is 8.87. The molecule has 26 heavy (non-hydrogen) atoms. The molecule has 9 heteroatoms. The summed E-state index contributed by atoms with van der Waals surface area (Å²) < 4.78 is 5.52. The van der Waals surface area contributed by atoms with Crippen molar-refractivity contribution >= 4 is 47.2 Å². The van der Waals surface area contributed by atoms with Crippen molar-refractivity contribution in [3.63, 3.8) is 0 Å². The Hall–Kier alpha value is -0.940. The lowest BCUT2D eigenvalue weighted by atomic mass is 10.2. The monoisotopic (exact) mass is 493 g/mol. The van der Waals surface area contributed by atoms with E-state index in [1.54, 1.807) is 18.4 Å². The van der Waals surface area contributed by atoms with E-state index in [4.69, 9.17) is 4.74 Å². The number of ether oxygens (including phenoxy) is 1. The van der Waals surface area contributed by atoms with Gasteiger partial charge in [-0.3, -0.25) is 9.79 Å². The van der Waals surface area contributed by atoms with Gasteiger partial charge in [-0.2, -0.15) is 0 Å². The Morgan fingerprint density at radius 3 is 2.54 bits per heavy atom. The van der Waals surface area contributed by atoms with E-state index in [0.717, 1.165) is 55.7 Å². The van der Waals surface area contributed by atoms with Gasteiger partial charge >= 0.3 is 0 Å². The third-order valence-corrected chi connectivity index (χ3v) is 5.85. The number of amides is 1. The number of nitrogens with zero attached hydrogens (tertiary/aromatic N) is 4. The Labute approximate surface area is 176 Å². The average molecular weight is 493 g/mol. The van der Waals surface area contributed by atoms with E-state index >= 15 is 0 Å². The number of carbonyl (C=O) groups excluding carboxylic acids is 1. The van der Waals surface area contributed by atoms with Crippen molar-refractivity contribution in [1.82, 2.24) is 20.1 Å². The fourth-order valence-corrected chi connectivity index (χ4v) is 4.09. The molecule has 146 valence electrons. The van der Waals surface area contributed by atoms with Crippen molar-refractivity contribution in [2.75, 3.05) is 39.8 Å². The lowest BCUT2D eigenvalue weighted by molar-refractivity contribution is -0.142. The number of hydrogen-bond acceptors (Lipinski definition) is 5. The second kappa shape index (κ2) is 9.84. The van der Waals surface area contributed by atoms with Gasteiger partial charge in [0.15, 0.2) is 5.96 Å². The Bertz CT molecular complexity index is 618. The molecule has 2 saturated heterocycles. The summed E-state index contributed by atoms with van der Waals surface area (Å²) in [6.45, 7) is 8.53. The fourth-order valence-electron chi connectivity index (χ4n) is 3.22. The molecule has 1 N–H and O–H groups in total. The highest BCUT2D eigenvalue weighted by atomic mass is 127. The topological polar surface area (TPSA) is 70.1 Å². The van der Waals surface area contributed by atoms with Gasteiger partial charge < -0.3 is 19.9 Å². The third kappa shape index (κ3) is 5.07. The summed E-state index contributed by atoms with van der Waals surface area (Å²) in [4.78, 5) is 26.7. The number of aliphatic imine (C=N–C) groups is 1. The van der Waals surface area contributed by atoms with Gasteiger partial charge in [0.05, 0.1) is 12.2 Å². The quantitative estimate of drug-likeness (QED) is 0.395. The summed E-state index contributed by atoms with van der Waals surface area (Å²) in [6, 6.07) is 0. The molecule has 3 heterocycles. The lowest BCUT2D eigenvalue weighted by Crippen LogP contribution is -2.55. The van der Waals surface area contributed by atoms with Gasteiger partial charge in [0.25, 0.3) is 5.91 Å². The maximum absolute atomic E-state index is 12.4. The van der Waals surface area contributed by atoms with E-state index in [1.807, 2.05) is 11.8 Å². The van der Waals surface area contributed by atoms with Crippen LogP contribution in [0.5, 0.6) is 0 Å². The average Bonchev–Trinajstić information content (AvgIpc) is 3.26. The largest absolute Gasteiger partial charge is 0.368 e. The molecule has 0 saturated carbocycles. The summed E-state index contributed by atoms with van der Waals surface area (Å²) >= 11 is 1.72. The van der Waals surface area contributed by atoms with E-state index in [1.165, 1.54) is 4.88 Å². The molecule has 0 bridgehead atoms. The molecule has 2 aliphatic heterocycles. The van der Waals surface area contributed by atoms with Gasteiger partial charge in [0.2, 0.25) is 0 Å². The Kier molecular flexibility index (Phi) is 8.08. The number of aromatic nitrogens is 1. The van der Waals surface area contributed by atoms with Crippen molar-refractivity contribution in [1.29, 1.82) is 0 Å². The van der Waals surface area contributed by atoms with Crippen LogP contribution >= 0.6 is 35.3 Å². The van der Waals surface area contributed by atoms with Gasteiger partial charge in [-0.15, -0.1) is 35.3 Å². The van der Waals surface area contributed by atoms with Crippen LogP contribution in [-0.2, 0) is 16.1 Å². The number of hydrogen-bond donors (Lipinski definition) is 1. The van der Waals surface area contributed by atoms with E-state index in [0.29, 0.717) is 13.2 Å². The summed E-state index contributed by atoms with van der Waals surface area (Å²) in [5, 5.41) is 4.46. The standard InChI is InChI=1S/C17H27N5O2S.HI/c1-12-13(2)25-15(20-12)11-19-17(18-3)22-8-6-21(7-9-22)16(23)14-5-4-10-24-14;/h14H,4-11H2,1-3H3,(H,18,19);1H. The minimum atomic E-state index is -0.222. The number of aryl methyl sites for hydroxylation is 2. The summed E-state index contributed by atoms with van der Waals surface area (Å²) in [5.74, 6) is 1.02. The molecule has 1 aromatic heterocycles. The molecule has 0 aromatic carbocycles. The number of guanidine groups is 1. The first-order valence-corrected chi connectivity index (χ1v) is 9.69. The Balaban J connectivity index is 0.00000243. The van der Waals surface area contributed by atoms with Gasteiger partial charge in [-0.05, 0) is 26.7 Å². The predicted molar refractivity (Wildman–Crippen MR) is 114 cm³/mol. The normalized spacial score (nSPS) is 20.9. The zero-order valence-corrected chi connectivity index (χ0v) is 18.8. The molecule has 2 aliphatic rings. The Morgan fingerprint density at radius 2 is 2.00 bits per heavy atom. The Morgan fingerprint density at radius 1 is 1.31 bits per heavy atom. The summed E-state index contributed by atoms with van der Waals surface area (Å²) in [6.07, 6.45) is 1.62. The minimum absolute atomic E-state index is 0. The molecule has 0 spiro atoms. The van der Waals surface area contributed by atoms with Crippen LogP contribution in [0.25, 0.3) is 0 Å². The molecule has 2 fully saturated rings. The predicted octanol–water partition coefficient (Wildman–Crippen LogP) is 1.78. The maximum atomic E-state index is 12.4. The molecular weight excluding hydrogens is 465 g/mol. The van der Waals surface area contributed by atoms with E-state index in [2.05, 4.69) is 27.1 Å². The third-order valence-electron chi connectivity index (χ3n) is 4.78. The fraction of sp³-hybridized carbons (Fsp3) is 0.706. The van der Waals surface area contributed by atoms with Crippen LogP contribution in [0, 0.1) is 13.8 Å². The van der Waals surface area contributed by atoms with Crippen LogP contribution in [0.3, 0.4) is 0 Å². The number of halogens is 1. The van der Waals surface area contributed by atoms with Gasteiger partial charge in [0, 0.05) is 44.7 Å². The van der Waals surface area contributed by atoms with Crippen molar-refractivity contribution in [2.45, 2.75) is 39.3 Å². The first kappa shape index (κ1) is 21.4. The van der Waals surface area contributed by atoms with Crippen LogP contribution in [0.2, 0.25) is 0 Å². The van der Waals surface area contributed by atoms with Crippen molar-refractivity contribution in [3.05, 3.63) is 15.6 Å². The smallest absolute Gasteiger partial charge is 0.251 e. The maximum Gasteiger partial charge on any atom is 0.251 e. The highest BCUT2D eigenvalue weighted by Gasteiger charge is 2.30. The highest BCUT2D eigenvalue weighted by Crippen LogP contribution is 2.17. The van der Waals surface area contributed by atoms with Crippen molar-refractivity contribution in [3.8, 4) is 0 Å². The molecule has 3 rings (SSSR count). The van der Waals surface area contributed by atoms with Gasteiger partial charge in [-0.1, -0.05) is 0 Å². The van der Waals surface area contributed by atoms with E-state index in [9.17, 15) is 4.79 Å². The molecule has 0 aliphatic carbocycles. The summed E-state index contributed by atoms with van der Waals surface area (Å²) in [5.41, 5.74) is 1.10. The van der Waals surface area contributed by atoms with Gasteiger partial charge in [-0.25, -0.2) is 4.98 Å². The number of thiazole rings is 1. The first-order chi connectivity index (χ1) is 12.1. The zero-order valence-electron chi connectivity index (χ0n) is 15.7. The second-order valence-corrected chi connectivity index (χ2v) is 7.75. The van der Waals surface area contributed by atoms with Crippen LogP contribution < -0.4 is 5.32 Å². The molecular formula is C17H28IN5O2S. The lowest BCUT2D eigenvalue weighted by Gasteiger charge is -2.37. The minimum Gasteiger partial charge on any atom is -0.368 e. The summed E-state index contributed by atoms with van der Waals surface area (Å²) in [7, 11) is 1.80. The van der Waals surface area contributed by atoms with E-state index in [-0.39, 0.29) is 36.0 Å². The van der Waals surface area contributed by atoms with Crippen LogP contribution in [0.15, 0.2) is 4.99 Å². The molecule has 1 unspecified atom stereocenters. The highest BCUT2D eigenvalue weighted by molar-refractivity contribution is 14.0.